The molecule has 0 saturated heterocycles. The minimum Gasteiger partial charge on any atom is -0.480 e. The van der Waals surface area contributed by atoms with Crippen LogP contribution in [0.15, 0.2) is 29.2 Å². The molecule has 1 unspecified atom stereocenters. The number of carboxylic acids is 2. The monoisotopic (exact) mass is 453 g/mol. The van der Waals surface area contributed by atoms with E-state index in [2.05, 4.69) is 5.32 Å². The van der Waals surface area contributed by atoms with E-state index in [0.29, 0.717) is 37.2 Å². The second kappa shape index (κ2) is 12.8. The van der Waals surface area contributed by atoms with Crippen LogP contribution in [0, 0.1) is 0 Å². The Kier molecular flexibility index (Phi) is 12.1. The highest BCUT2D eigenvalue weighted by Crippen LogP contribution is 2.34. The number of benzene rings is 1. The van der Waals surface area contributed by atoms with Gasteiger partial charge in [-0.15, -0.1) is 36.6 Å². The van der Waals surface area contributed by atoms with Gasteiger partial charge in [0.05, 0.1) is 11.7 Å². The van der Waals surface area contributed by atoms with Crippen molar-refractivity contribution in [1.82, 2.24) is 5.32 Å². The smallest absolute Gasteiger partial charge is 0.323 e. The summed E-state index contributed by atoms with van der Waals surface area (Å²) in [5, 5.41) is 21.5. The van der Waals surface area contributed by atoms with E-state index in [1.165, 1.54) is 16.7 Å². The van der Waals surface area contributed by atoms with Crippen LogP contribution in [0.1, 0.15) is 19.3 Å². The standard InChI is InChI=1S/C17H23N3O5S.2ClH/c18-8-4-3-5-11(17(24)25)19-12-10-26-14-7-2-1-6-13(14)20(16(12)23)9-15(21)22;;/h1-2,6-7,11-12,19H,3-5,8-10,18H2,(H,21,22)(H,24,25);2*1H/t11-,12?;;/m1../s1. The molecule has 0 spiro atoms. The quantitative estimate of drug-likeness (QED) is 0.414. The van der Waals surface area contributed by atoms with Crippen molar-refractivity contribution in [1.29, 1.82) is 0 Å². The number of carboxylic acid groups (broad SMARTS) is 2. The van der Waals surface area contributed by atoms with Gasteiger partial charge < -0.3 is 15.9 Å². The topological polar surface area (TPSA) is 133 Å². The van der Waals surface area contributed by atoms with Gasteiger partial charge in [0.15, 0.2) is 0 Å². The number of fused-ring (bicyclic) bond motifs is 1. The number of rotatable bonds is 9. The molecule has 158 valence electrons. The van der Waals surface area contributed by atoms with E-state index in [-0.39, 0.29) is 24.8 Å². The van der Waals surface area contributed by atoms with Gasteiger partial charge in [0.25, 0.3) is 0 Å². The highest BCUT2D eigenvalue weighted by atomic mass is 35.5. The number of thioether (sulfide) groups is 1. The molecule has 2 atom stereocenters. The van der Waals surface area contributed by atoms with E-state index >= 15 is 0 Å². The number of halogens is 2. The molecule has 0 saturated carbocycles. The van der Waals surface area contributed by atoms with Crippen LogP contribution in [-0.2, 0) is 14.4 Å². The van der Waals surface area contributed by atoms with Gasteiger partial charge in [-0.3, -0.25) is 24.6 Å². The first-order valence-corrected chi connectivity index (χ1v) is 9.36. The molecule has 1 aromatic rings. The average molecular weight is 454 g/mol. The summed E-state index contributed by atoms with van der Waals surface area (Å²) in [6, 6.07) is 5.40. The first-order valence-electron chi connectivity index (χ1n) is 8.38. The molecule has 0 aromatic heterocycles. The second-order valence-electron chi connectivity index (χ2n) is 5.99. The van der Waals surface area contributed by atoms with Crippen molar-refractivity contribution >= 4 is 60.1 Å². The number of nitrogens with one attached hydrogen (secondary N) is 1. The molecule has 1 aliphatic rings. The van der Waals surface area contributed by atoms with Crippen molar-refractivity contribution in [2.45, 2.75) is 36.2 Å². The molecule has 28 heavy (non-hydrogen) atoms. The Morgan fingerprint density at radius 3 is 2.54 bits per heavy atom. The van der Waals surface area contributed by atoms with Crippen molar-refractivity contribution in [3.05, 3.63) is 24.3 Å². The Morgan fingerprint density at radius 2 is 1.93 bits per heavy atom. The van der Waals surface area contributed by atoms with Crippen LogP contribution in [0.5, 0.6) is 0 Å². The summed E-state index contributed by atoms with van der Waals surface area (Å²) in [5.41, 5.74) is 5.98. The van der Waals surface area contributed by atoms with Crippen LogP contribution in [-0.4, -0.2) is 59.0 Å². The number of unbranched alkanes of at least 4 members (excludes halogenated alkanes) is 1. The third kappa shape index (κ3) is 7.14. The molecule has 1 heterocycles. The lowest BCUT2D eigenvalue weighted by Gasteiger charge is -2.26. The van der Waals surface area contributed by atoms with Gasteiger partial charge in [-0.2, -0.15) is 0 Å². The highest BCUT2D eigenvalue weighted by Gasteiger charge is 2.34. The van der Waals surface area contributed by atoms with Crippen LogP contribution in [0.3, 0.4) is 0 Å². The third-order valence-electron chi connectivity index (χ3n) is 4.07. The third-order valence-corrected chi connectivity index (χ3v) is 5.22. The minimum absolute atomic E-state index is 0. The van der Waals surface area contributed by atoms with E-state index < -0.39 is 36.5 Å². The molecular weight excluding hydrogens is 429 g/mol. The SMILES string of the molecule is Cl.Cl.NCCCC[C@@H](NC1CSc2ccccc2N(CC(=O)O)C1=O)C(=O)O. The predicted molar refractivity (Wildman–Crippen MR) is 113 cm³/mol. The maximum atomic E-state index is 12.9. The summed E-state index contributed by atoms with van der Waals surface area (Å²) in [4.78, 5) is 37.6. The minimum atomic E-state index is -1.13. The van der Waals surface area contributed by atoms with E-state index in [4.69, 9.17) is 5.73 Å². The average Bonchev–Trinajstić information content (AvgIpc) is 2.72. The van der Waals surface area contributed by atoms with Crippen molar-refractivity contribution in [3.63, 3.8) is 0 Å². The molecule has 11 heteroatoms. The molecule has 1 aliphatic heterocycles. The zero-order valence-corrected chi connectivity index (χ0v) is 17.5. The summed E-state index contributed by atoms with van der Waals surface area (Å²) in [6.45, 7) is 0.00570. The Labute approximate surface area is 180 Å². The molecule has 2 rings (SSSR count). The van der Waals surface area contributed by atoms with Crippen LogP contribution >= 0.6 is 36.6 Å². The van der Waals surface area contributed by atoms with Crippen molar-refractivity contribution in [3.8, 4) is 0 Å². The molecule has 0 bridgehead atoms. The van der Waals surface area contributed by atoms with E-state index in [0.717, 1.165) is 4.90 Å². The lowest BCUT2D eigenvalue weighted by atomic mass is 10.1. The van der Waals surface area contributed by atoms with E-state index in [9.17, 15) is 24.6 Å². The van der Waals surface area contributed by atoms with Crippen LogP contribution in [0.2, 0.25) is 0 Å². The number of amides is 1. The Morgan fingerprint density at radius 1 is 1.25 bits per heavy atom. The molecular formula is C17H25Cl2N3O5S. The molecule has 0 radical (unpaired) electrons. The number of para-hydroxylation sites is 1. The first-order chi connectivity index (χ1) is 12.4. The van der Waals surface area contributed by atoms with Crippen molar-refractivity contribution in [2.75, 3.05) is 23.7 Å². The Balaban J connectivity index is 0.00000364. The molecule has 8 nitrogen and oxygen atoms in total. The number of anilines is 1. The lowest BCUT2D eigenvalue weighted by molar-refractivity contribution is -0.140. The predicted octanol–water partition coefficient (Wildman–Crippen LogP) is 1.59. The highest BCUT2D eigenvalue weighted by molar-refractivity contribution is 7.99. The number of nitrogens with two attached hydrogens (primary N) is 1. The van der Waals surface area contributed by atoms with E-state index in [1.54, 1.807) is 12.1 Å². The van der Waals surface area contributed by atoms with Gasteiger partial charge in [-0.1, -0.05) is 18.6 Å². The van der Waals surface area contributed by atoms with E-state index in [1.807, 2.05) is 12.1 Å². The molecule has 0 aliphatic carbocycles. The summed E-state index contributed by atoms with van der Waals surface area (Å²) >= 11 is 1.40. The van der Waals surface area contributed by atoms with Crippen LogP contribution in [0.25, 0.3) is 0 Å². The van der Waals surface area contributed by atoms with Gasteiger partial charge >= 0.3 is 11.9 Å². The zero-order valence-electron chi connectivity index (χ0n) is 15.1. The Hall–Kier alpha value is -1.52. The molecule has 1 aromatic carbocycles. The zero-order chi connectivity index (χ0) is 19.1. The van der Waals surface area contributed by atoms with Gasteiger partial charge in [-0.05, 0) is 31.5 Å². The van der Waals surface area contributed by atoms with Crippen LogP contribution < -0.4 is 16.0 Å². The van der Waals surface area contributed by atoms with Crippen molar-refractivity contribution in [2.24, 2.45) is 5.73 Å². The number of carbonyl (C=O) groups excluding carboxylic acids is 1. The number of hydrogen-bond donors (Lipinski definition) is 4. The first kappa shape index (κ1) is 26.5. The molecule has 0 fully saturated rings. The van der Waals surface area contributed by atoms with Crippen LogP contribution in [0.4, 0.5) is 5.69 Å². The molecule has 5 N–H and O–H groups in total. The number of carbonyl (C=O) groups is 3. The number of aliphatic carboxylic acids is 2. The largest absolute Gasteiger partial charge is 0.480 e. The summed E-state index contributed by atoms with van der Waals surface area (Å²) in [7, 11) is 0. The normalized spacial score (nSPS) is 16.8. The second-order valence-corrected chi connectivity index (χ2v) is 7.05. The maximum absolute atomic E-state index is 12.9. The fourth-order valence-corrected chi connectivity index (χ4v) is 3.87. The lowest BCUT2D eigenvalue weighted by Crippen LogP contribution is -2.53. The van der Waals surface area contributed by atoms with Gasteiger partial charge in [0, 0.05) is 10.6 Å². The van der Waals surface area contributed by atoms with Gasteiger partial charge in [0.2, 0.25) is 5.91 Å². The fraction of sp³-hybridized carbons (Fsp3) is 0.471. The number of hydrogen-bond acceptors (Lipinski definition) is 6. The number of nitrogens with zero attached hydrogens (tertiary/aromatic N) is 1. The fourth-order valence-electron chi connectivity index (χ4n) is 2.78. The summed E-state index contributed by atoms with van der Waals surface area (Å²) < 4.78 is 0. The van der Waals surface area contributed by atoms with Gasteiger partial charge in [-0.25, -0.2) is 0 Å². The molecule has 1 amide bonds. The van der Waals surface area contributed by atoms with Crippen molar-refractivity contribution < 1.29 is 24.6 Å². The maximum Gasteiger partial charge on any atom is 0.323 e. The van der Waals surface area contributed by atoms with Gasteiger partial charge in [0.1, 0.15) is 12.6 Å². The summed E-state index contributed by atoms with van der Waals surface area (Å²) in [6.07, 6.45) is 1.69. The summed E-state index contributed by atoms with van der Waals surface area (Å²) in [5.74, 6) is -2.27. The Bertz CT molecular complexity index is 680.